The van der Waals surface area contributed by atoms with Gasteiger partial charge in [0.05, 0.1) is 5.54 Å². The van der Waals surface area contributed by atoms with Crippen LogP contribution in [-0.4, -0.2) is 25.8 Å². The van der Waals surface area contributed by atoms with Crippen LogP contribution in [-0.2, 0) is 4.74 Å². The molecule has 0 atom stereocenters. The van der Waals surface area contributed by atoms with Crippen LogP contribution >= 0.6 is 0 Å². The van der Waals surface area contributed by atoms with E-state index in [-0.39, 0.29) is 5.54 Å². The maximum Gasteiger partial charge on any atom is 0.0741 e. The average molecular weight is 155 g/mol. The topological polar surface area (TPSA) is 21.3 Å². The Morgan fingerprint density at radius 1 is 1.55 bits per heavy atom. The number of ether oxygens (including phenoxy) is 1. The van der Waals surface area contributed by atoms with E-state index in [1.54, 1.807) is 7.11 Å². The fourth-order valence-electron chi connectivity index (χ4n) is 0.668. The van der Waals surface area contributed by atoms with Gasteiger partial charge in [0.1, 0.15) is 0 Å². The van der Waals surface area contributed by atoms with Gasteiger partial charge in [0.15, 0.2) is 0 Å². The molecule has 64 valence electrons. The zero-order valence-electron chi connectivity index (χ0n) is 7.61. The molecule has 0 heterocycles. The third kappa shape index (κ3) is 5.90. The summed E-state index contributed by atoms with van der Waals surface area (Å²) in [5.74, 6) is 2.67. The predicted octanol–water partition coefficient (Wildman–Crippen LogP) is 1.02. The summed E-state index contributed by atoms with van der Waals surface area (Å²) in [4.78, 5) is 0. The van der Waals surface area contributed by atoms with E-state index in [4.69, 9.17) is 11.2 Å². The van der Waals surface area contributed by atoms with Crippen LogP contribution in [0.4, 0.5) is 0 Å². The lowest BCUT2D eigenvalue weighted by molar-refractivity contribution is 0.192. The van der Waals surface area contributed by atoms with E-state index in [0.717, 1.165) is 19.6 Å². The molecule has 0 aliphatic rings. The van der Waals surface area contributed by atoms with Crippen LogP contribution in [0.15, 0.2) is 0 Å². The van der Waals surface area contributed by atoms with Gasteiger partial charge in [0.25, 0.3) is 0 Å². The van der Waals surface area contributed by atoms with Gasteiger partial charge in [-0.25, -0.2) is 0 Å². The molecule has 2 heteroatoms. The lowest BCUT2D eigenvalue weighted by atomic mass is 10.1. The summed E-state index contributed by atoms with van der Waals surface area (Å²) in [7, 11) is 1.70. The van der Waals surface area contributed by atoms with Gasteiger partial charge in [-0.1, -0.05) is 5.92 Å². The number of terminal acetylenes is 1. The van der Waals surface area contributed by atoms with E-state index in [0.29, 0.717) is 0 Å². The van der Waals surface area contributed by atoms with Gasteiger partial charge in [-0.3, -0.25) is 0 Å². The van der Waals surface area contributed by atoms with Gasteiger partial charge in [0.2, 0.25) is 0 Å². The molecule has 11 heavy (non-hydrogen) atoms. The molecule has 0 fully saturated rings. The summed E-state index contributed by atoms with van der Waals surface area (Å²) >= 11 is 0. The van der Waals surface area contributed by atoms with E-state index in [2.05, 4.69) is 11.2 Å². The lowest BCUT2D eigenvalue weighted by Crippen LogP contribution is -2.38. The van der Waals surface area contributed by atoms with Crippen LogP contribution in [0.2, 0.25) is 0 Å². The fraction of sp³-hybridized carbons (Fsp3) is 0.778. The van der Waals surface area contributed by atoms with Gasteiger partial charge in [-0.05, 0) is 26.8 Å². The molecule has 2 nitrogen and oxygen atoms in total. The van der Waals surface area contributed by atoms with Crippen molar-refractivity contribution in [2.45, 2.75) is 25.8 Å². The first-order valence-electron chi connectivity index (χ1n) is 3.84. The first kappa shape index (κ1) is 10.5. The van der Waals surface area contributed by atoms with Crippen molar-refractivity contribution in [3.05, 3.63) is 0 Å². The van der Waals surface area contributed by atoms with Crippen LogP contribution in [0.5, 0.6) is 0 Å². The normalized spacial score (nSPS) is 11.1. The Hall–Kier alpha value is -0.520. The minimum atomic E-state index is -0.187. The Kier molecular flexibility index (Phi) is 4.93. The van der Waals surface area contributed by atoms with E-state index in [9.17, 15) is 0 Å². The number of rotatable bonds is 5. The molecule has 0 aliphatic heterocycles. The van der Waals surface area contributed by atoms with Crippen LogP contribution in [0, 0.1) is 12.3 Å². The summed E-state index contributed by atoms with van der Waals surface area (Å²) in [6.07, 6.45) is 6.28. The summed E-state index contributed by atoms with van der Waals surface area (Å²) in [6.45, 7) is 5.66. The van der Waals surface area contributed by atoms with E-state index in [1.165, 1.54) is 0 Å². The van der Waals surface area contributed by atoms with Crippen LogP contribution < -0.4 is 5.32 Å². The highest BCUT2D eigenvalue weighted by atomic mass is 16.5. The van der Waals surface area contributed by atoms with Crippen molar-refractivity contribution in [2.24, 2.45) is 0 Å². The van der Waals surface area contributed by atoms with Crippen molar-refractivity contribution in [2.75, 3.05) is 20.3 Å². The minimum absolute atomic E-state index is 0.187. The number of nitrogens with one attached hydrogen (secondary N) is 1. The fourth-order valence-corrected chi connectivity index (χ4v) is 0.668. The van der Waals surface area contributed by atoms with E-state index < -0.39 is 0 Å². The minimum Gasteiger partial charge on any atom is -0.385 e. The number of hydrogen-bond acceptors (Lipinski definition) is 2. The molecule has 1 N–H and O–H groups in total. The van der Waals surface area contributed by atoms with Gasteiger partial charge in [-0.2, -0.15) is 0 Å². The first-order chi connectivity index (χ1) is 5.12. The van der Waals surface area contributed by atoms with Crippen molar-refractivity contribution in [1.29, 1.82) is 0 Å². The maximum atomic E-state index is 5.28. The van der Waals surface area contributed by atoms with Crippen LogP contribution in [0.3, 0.4) is 0 Å². The van der Waals surface area contributed by atoms with Gasteiger partial charge >= 0.3 is 0 Å². The zero-order valence-corrected chi connectivity index (χ0v) is 7.61. The second-order valence-corrected chi connectivity index (χ2v) is 3.04. The average Bonchev–Trinajstić information content (AvgIpc) is 1.99. The van der Waals surface area contributed by atoms with Gasteiger partial charge in [-0.15, -0.1) is 6.42 Å². The molecule has 0 saturated heterocycles. The largest absolute Gasteiger partial charge is 0.385 e. The SMILES string of the molecule is C#CC(C)(C)NCCCOC. The van der Waals surface area contributed by atoms with Gasteiger partial charge in [0, 0.05) is 13.7 Å². The third-order valence-electron chi connectivity index (χ3n) is 1.45. The summed E-state index contributed by atoms with van der Waals surface area (Å²) in [6, 6.07) is 0. The highest BCUT2D eigenvalue weighted by molar-refractivity contribution is 5.07. The van der Waals surface area contributed by atoms with Crippen molar-refractivity contribution in [3.8, 4) is 12.3 Å². The third-order valence-corrected chi connectivity index (χ3v) is 1.45. The Bertz CT molecular complexity index is 135. The number of methoxy groups -OCH3 is 1. The predicted molar refractivity (Wildman–Crippen MR) is 47.4 cm³/mol. The molecule has 0 aromatic heterocycles. The molecule has 0 amide bonds. The summed E-state index contributed by atoms with van der Waals surface area (Å²) in [5, 5.41) is 3.23. The van der Waals surface area contributed by atoms with Crippen molar-refractivity contribution in [1.82, 2.24) is 5.32 Å². The quantitative estimate of drug-likeness (QED) is 0.473. The van der Waals surface area contributed by atoms with Crippen molar-refractivity contribution >= 4 is 0 Å². The first-order valence-corrected chi connectivity index (χ1v) is 3.84. The van der Waals surface area contributed by atoms with Crippen molar-refractivity contribution in [3.63, 3.8) is 0 Å². The monoisotopic (exact) mass is 155 g/mol. The summed E-state index contributed by atoms with van der Waals surface area (Å²) in [5.41, 5.74) is -0.187. The van der Waals surface area contributed by atoms with Crippen molar-refractivity contribution < 1.29 is 4.74 Å². The molecule has 0 rings (SSSR count). The molecule has 0 aromatic rings. The second-order valence-electron chi connectivity index (χ2n) is 3.04. The molecule has 0 aromatic carbocycles. The zero-order chi connectivity index (χ0) is 8.74. The molecule has 0 aliphatic carbocycles. The number of hydrogen-bond donors (Lipinski definition) is 1. The van der Waals surface area contributed by atoms with E-state index >= 15 is 0 Å². The van der Waals surface area contributed by atoms with Crippen LogP contribution in [0.25, 0.3) is 0 Å². The van der Waals surface area contributed by atoms with E-state index in [1.807, 2.05) is 13.8 Å². The molecular formula is C9H17NO. The summed E-state index contributed by atoms with van der Waals surface area (Å²) < 4.78 is 4.90. The molecular weight excluding hydrogens is 138 g/mol. The Labute approximate surface area is 69.3 Å². The molecule has 0 unspecified atom stereocenters. The standard InChI is InChI=1S/C9H17NO/c1-5-9(2,3)10-7-6-8-11-4/h1,10H,6-8H2,2-4H3. The Balaban J connectivity index is 3.32. The maximum absolute atomic E-state index is 5.28. The second kappa shape index (κ2) is 5.17. The Morgan fingerprint density at radius 3 is 2.64 bits per heavy atom. The Morgan fingerprint density at radius 2 is 2.18 bits per heavy atom. The lowest BCUT2D eigenvalue weighted by Gasteiger charge is -2.19. The highest BCUT2D eigenvalue weighted by Gasteiger charge is 2.10. The highest BCUT2D eigenvalue weighted by Crippen LogP contribution is 1.97. The molecule has 0 bridgehead atoms. The van der Waals surface area contributed by atoms with Gasteiger partial charge < -0.3 is 10.1 Å². The molecule has 0 spiro atoms. The molecule has 0 saturated carbocycles. The van der Waals surface area contributed by atoms with Crippen LogP contribution in [0.1, 0.15) is 20.3 Å². The molecule has 0 radical (unpaired) electrons. The smallest absolute Gasteiger partial charge is 0.0741 e.